The number of hydrogen-bond donors (Lipinski definition) is 1. The molecule has 2 heterocycles. The Kier molecular flexibility index (Phi) is 7.14. The second-order valence-electron chi connectivity index (χ2n) is 7.49. The molecular formula is C24H21Cl2N3O2S2. The number of nitrogens with one attached hydrogen (secondary N) is 1. The van der Waals surface area contributed by atoms with Crippen molar-refractivity contribution >= 4 is 68.1 Å². The number of hydrogen-bond acceptors (Lipinski definition) is 5. The molecule has 0 bridgehead atoms. The molecule has 0 fully saturated rings. The first kappa shape index (κ1) is 23.8. The highest BCUT2D eigenvalue weighted by Crippen LogP contribution is 2.32. The minimum Gasteiger partial charge on any atom is -0.324 e. The topological polar surface area (TPSA) is 64.0 Å². The van der Waals surface area contributed by atoms with Crippen molar-refractivity contribution in [3.8, 4) is 5.69 Å². The summed E-state index contributed by atoms with van der Waals surface area (Å²) in [4.78, 5) is 32.9. The number of amides is 1. The number of carbonyl (C=O) groups is 1. The summed E-state index contributed by atoms with van der Waals surface area (Å²) in [6, 6.07) is 12.7. The molecule has 0 saturated heterocycles. The van der Waals surface area contributed by atoms with Gasteiger partial charge in [-0.15, -0.1) is 11.3 Å². The molecule has 0 unspecified atom stereocenters. The third kappa shape index (κ3) is 4.82. The van der Waals surface area contributed by atoms with E-state index in [1.165, 1.54) is 23.1 Å². The van der Waals surface area contributed by atoms with Gasteiger partial charge in [0, 0.05) is 4.88 Å². The Balaban J connectivity index is 1.72. The Morgan fingerprint density at radius 3 is 2.58 bits per heavy atom. The predicted molar refractivity (Wildman–Crippen MR) is 140 cm³/mol. The normalized spacial score (nSPS) is 11.2. The molecule has 0 atom stereocenters. The van der Waals surface area contributed by atoms with Crippen molar-refractivity contribution in [2.45, 2.75) is 32.3 Å². The monoisotopic (exact) mass is 517 g/mol. The number of carbonyl (C=O) groups excluding carboxylic acids is 1. The summed E-state index contributed by atoms with van der Waals surface area (Å²) in [5.74, 6) is -0.219. The van der Waals surface area contributed by atoms with Crippen LogP contribution in [0.15, 0.2) is 52.4 Å². The van der Waals surface area contributed by atoms with Gasteiger partial charge < -0.3 is 5.32 Å². The lowest BCUT2D eigenvalue weighted by Crippen LogP contribution is -2.23. The van der Waals surface area contributed by atoms with Crippen LogP contribution in [0.5, 0.6) is 0 Å². The summed E-state index contributed by atoms with van der Waals surface area (Å²) in [5, 5.41) is 4.52. The van der Waals surface area contributed by atoms with Crippen LogP contribution in [0.25, 0.3) is 15.9 Å². The quantitative estimate of drug-likeness (QED) is 0.229. The van der Waals surface area contributed by atoms with Crippen molar-refractivity contribution < 1.29 is 4.79 Å². The molecule has 4 aromatic rings. The zero-order chi connectivity index (χ0) is 23.7. The SMILES string of the molecule is CCc1sc2nc(SCC(=O)Nc3cccc(Cl)c3Cl)n(-c3ccc(C)cc3)c(=O)c2c1C. The average molecular weight is 518 g/mol. The molecule has 4 rings (SSSR count). The van der Waals surface area contributed by atoms with Crippen molar-refractivity contribution in [3.63, 3.8) is 0 Å². The Bertz CT molecular complexity index is 1410. The van der Waals surface area contributed by atoms with E-state index in [1.807, 2.05) is 38.1 Å². The van der Waals surface area contributed by atoms with Crippen molar-refractivity contribution in [1.82, 2.24) is 9.55 Å². The Morgan fingerprint density at radius 2 is 1.88 bits per heavy atom. The zero-order valence-electron chi connectivity index (χ0n) is 18.2. The number of halogens is 2. The first-order chi connectivity index (χ1) is 15.8. The molecule has 0 saturated carbocycles. The fourth-order valence-corrected chi connectivity index (χ4v) is 5.80. The molecule has 5 nitrogen and oxygen atoms in total. The third-order valence-electron chi connectivity index (χ3n) is 5.20. The van der Waals surface area contributed by atoms with Crippen molar-refractivity contribution in [3.05, 3.63) is 78.9 Å². The number of aryl methyl sites for hydroxylation is 3. The second-order valence-corrected chi connectivity index (χ2v) is 10.3. The molecule has 0 spiro atoms. The smallest absolute Gasteiger partial charge is 0.267 e. The zero-order valence-corrected chi connectivity index (χ0v) is 21.4. The molecule has 9 heteroatoms. The van der Waals surface area contributed by atoms with Gasteiger partial charge in [0.25, 0.3) is 5.56 Å². The molecular weight excluding hydrogens is 497 g/mol. The lowest BCUT2D eigenvalue weighted by molar-refractivity contribution is -0.113. The molecule has 0 aliphatic heterocycles. The van der Waals surface area contributed by atoms with Crippen molar-refractivity contribution in [2.24, 2.45) is 0 Å². The van der Waals surface area contributed by atoms with Crippen LogP contribution in [-0.2, 0) is 11.2 Å². The number of anilines is 1. The maximum absolute atomic E-state index is 13.6. The lowest BCUT2D eigenvalue weighted by atomic mass is 10.2. The van der Waals surface area contributed by atoms with Gasteiger partial charge in [-0.25, -0.2) is 4.98 Å². The van der Waals surface area contributed by atoms with E-state index in [0.29, 0.717) is 31.8 Å². The Hall–Kier alpha value is -2.32. The van der Waals surface area contributed by atoms with Gasteiger partial charge in [-0.1, -0.05) is 65.7 Å². The lowest BCUT2D eigenvalue weighted by Gasteiger charge is -2.13. The van der Waals surface area contributed by atoms with Gasteiger partial charge in [0.2, 0.25) is 5.91 Å². The average Bonchev–Trinajstić information content (AvgIpc) is 3.12. The fourth-order valence-electron chi connectivity index (χ4n) is 3.48. The summed E-state index contributed by atoms with van der Waals surface area (Å²) >= 11 is 14.9. The predicted octanol–water partition coefficient (Wildman–Crippen LogP) is 6.66. The number of nitrogens with zero attached hydrogens (tertiary/aromatic N) is 2. The van der Waals surface area contributed by atoms with Gasteiger partial charge in [0.15, 0.2) is 5.16 Å². The van der Waals surface area contributed by atoms with E-state index in [0.717, 1.165) is 22.4 Å². The van der Waals surface area contributed by atoms with Crippen LogP contribution >= 0.6 is 46.3 Å². The Morgan fingerprint density at radius 1 is 1.15 bits per heavy atom. The van der Waals surface area contributed by atoms with Crippen LogP contribution in [0, 0.1) is 13.8 Å². The number of thioether (sulfide) groups is 1. The van der Waals surface area contributed by atoms with Gasteiger partial charge in [-0.3, -0.25) is 14.2 Å². The largest absolute Gasteiger partial charge is 0.324 e. The van der Waals surface area contributed by atoms with Crippen LogP contribution < -0.4 is 10.9 Å². The molecule has 33 heavy (non-hydrogen) atoms. The van der Waals surface area contributed by atoms with Crippen LogP contribution in [0.4, 0.5) is 5.69 Å². The van der Waals surface area contributed by atoms with Crippen LogP contribution in [0.1, 0.15) is 22.9 Å². The Labute approximate surface area is 209 Å². The van der Waals surface area contributed by atoms with Crippen LogP contribution in [0.2, 0.25) is 10.0 Å². The number of thiophene rings is 1. The van der Waals surface area contributed by atoms with E-state index >= 15 is 0 Å². The number of aromatic nitrogens is 2. The van der Waals surface area contributed by atoms with E-state index < -0.39 is 0 Å². The highest BCUT2D eigenvalue weighted by Gasteiger charge is 2.20. The molecule has 0 radical (unpaired) electrons. The standard InChI is InChI=1S/C24H21Cl2N3O2S2/c1-4-18-14(3)20-22(33-18)28-24(29(23(20)31)15-10-8-13(2)9-11-15)32-12-19(30)27-17-7-5-6-16(25)21(17)26/h5-11H,4,12H2,1-3H3,(H,27,30). The van der Waals surface area contributed by atoms with E-state index in [9.17, 15) is 9.59 Å². The number of rotatable bonds is 6. The molecule has 0 aliphatic rings. The number of benzene rings is 2. The summed E-state index contributed by atoms with van der Waals surface area (Å²) in [5.41, 5.74) is 3.09. The number of fused-ring (bicyclic) bond motifs is 1. The van der Waals surface area contributed by atoms with Gasteiger partial charge >= 0.3 is 0 Å². The highest BCUT2D eigenvalue weighted by atomic mass is 35.5. The first-order valence-electron chi connectivity index (χ1n) is 10.3. The minimum absolute atomic E-state index is 0.0532. The fraction of sp³-hybridized carbons (Fsp3) is 0.208. The molecule has 2 aromatic carbocycles. The summed E-state index contributed by atoms with van der Waals surface area (Å²) in [6.07, 6.45) is 0.835. The first-order valence-corrected chi connectivity index (χ1v) is 12.8. The van der Waals surface area contributed by atoms with E-state index in [2.05, 4.69) is 12.2 Å². The van der Waals surface area contributed by atoms with Crippen LogP contribution in [0.3, 0.4) is 0 Å². The minimum atomic E-state index is -0.273. The summed E-state index contributed by atoms with van der Waals surface area (Å²) in [7, 11) is 0. The molecule has 2 aromatic heterocycles. The van der Waals surface area contributed by atoms with Gasteiger partial charge in [-0.2, -0.15) is 0 Å². The second kappa shape index (κ2) is 9.89. The third-order valence-corrected chi connectivity index (χ3v) is 8.29. The maximum atomic E-state index is 13.6. The van der Waals surface area contributed by atoms with Gasteiger partial charge in [0.05, 0.1) is 32.6 Å². The highest BCUT2D eigenvalue weighted by molar-refractivity contribution is 7.99. The molecule has 1 amide bonds. The van der Waals surface area contributed by atoms with Crippen molar-refractivity contribution in [2.75, 3.05) is 11.1 Å². The van der Waals surface area contributed by atoms with E-state index in [4.69, 9.17) is 28.2 Å². The van der Waals surface area contributed by atoms with E-state index in [-0.39, 0.29) is 22.2 Å². The van der Waals surface area contributed by atoms with Crippen molar-refractivity contribution in [1.29, 1.82) is 0 Å². The molecule has 1 N–H and O–H groups in total. The summed E-state index contributed by atoms with van der Waals surface area (Å²) in [6.45, 7) is 6.03. The van der Waals surface area contributed by atoms with E-state index in [1.54, 1.807) is 22.8 Å². The molecule has 170 valence electrons. The maximum Gasteiger partial charge on any atom is 0.267 e. The van der Waals surface area contributed by atoms with Gasteiger partial charge in [-0.05, 0) is 50.1 Å². The molecule has 0 aliphatic carbocycles. The summed E-state index contributed by atoms with van der Waals surface area (Å²) < 4.78 is 1.59. The van der Waals surface area contributed by atoms with Crippen LogP contribution in [-0.4, -0.2) is 21.2 Å². The van der Waals surface area contributed by atoms with Gasteiger partial charge in [0.1, 0.15) is 4.83 Å².